The molecule has 16 heavy (non-hydrogen) atoms. The van der Waals surface area contributed by atoms with Crippen LogP contribution >= 0.6 is 0 Å². The zero-order valence-corrected chi connectivity index (χ0v) is 9.80. The van der Waals surface area contributed by atoms with Crippen LogP contribution in [0.5, 0.6) is 11.5 Å². The van der Waals surface area contributed by atoms with Gasteiger partial charge >= 0.3 is 0 Å². The lowest BCUT2D eigenvalue weighted by atomic mass is 10.2. The Hall–Kier alpha value is -1.26. The van der Waals surface area contributed by atoms with Crippen LogP contribution in [0.2, 0.25) is 0 Å². The van der Waals surface area contributed by atoms with E-state index in [0.717, 1.165) is 0 Å². The average molecular weight is 226 g/mol. The van der Waals surface area contributed by atoms with Gasteiger partial charge in [-0.15, -0.1) is 0 Å². The highest BCUT2D eigenvalue weighted by Crippen LogP contribution is 2.32. The monoisotopic (exact) mass is 226 g/mol. The molecule has 1 aromatic carbocycles. The van der Waals surface area contributed by atoms with Crippen LogP contribution < -0.4 is 9.47 Å². The van der Waals surface area contributed by atoms with Crippen molar-refractivity contribution in [2.75, 3.05) is 7.11 Å². The van der Waals surface area contributed by atoms with Crippen LogP contribution in [-0.4, -0.2) is 29.5 Å². The van der Waals surface area contributed by atoms with Gasteiger partial charge in [-0.3, -0.25) is 0 Å². The van der Waals surface area contributed by atoms with Crippen molar-refractivity contribution in [1.29, 1.82) is 0 Å². The first-order valence-corrected chi connectivity index (χ1v) is 5.21. The van der Waals surface area contributed by atoms with Crippen LogP contribution in [-0.2, 0) is 6.61 Å². The van der Waals surface area contributed by atoms with Crippen molar-refractivity contribution in [3.05, 3.63) is 23.8 Å². The van der Waals surface area contributed by atoms with Gasteiger partial charge in [0.2, 0.25) is 0 Å². The summed E-state index contributed by atoms with van der Waals surface area (Å²) in [5.74, 6) is 1.04. The Balaban J connectivity index is 2.99. The molecule has 90 valence electrons. The summed E-state index contributed by atoms with van der Waals surface area (Å²) in [5, 5.41) is 18.6. The molecule has 2 unspecified atom stereocenters. The van der Waals surface area contributed by atoms with E-state index in [1.54, 1.807) is 32.0 Å². The second-order valence-corrected chi connectivity index (χ2v) is 3.67. The molecule has 0 aliphatic heterocycles. The predicted octanol–water partition coefficient (Wildman–Crippen LogP) is 1.34. The Bertz CT molecular complexity index is 314. The predicted molar refractivity (Wildman–Crippen MR) is 60.7 cm³/mol. The molecule has 0 aliphatic rings. The molecule has 0 radical (unpaired) electrons. The fraction of sp³-hybridized carbons (Fsp3) is 0.500. The number of ether oxygens (including phenoxy) is 2. The summed E-state index contributed by atoms with van der Waals surface area (Å²) < 4.78 is 10.7. The molecule has 0 bridgehead atoms. The summed E-state index contributed by atoms with van der Waals surface area (Å²) in [4.78, 5) is 0. The largest absolute Gasteiger partial charge is 0.493 e. The van der Waals surface area contributed by atoms with Gasteiger partial charge in [0.1, 0.15) is 6.10 Å². The highest BCUT2D eigenvalue weighted by Gasteiger charge is 2.16. The molecule has 1 aromatic rings. The number of hydrogen-bond acceptors (Lipinski definition) is 4. The molecule has 0 amide bonds. The quantitative estimate of drug-likeness (QED) is 0.795. The number of para-hydroxylation sites is 1. The van der Waals surface area contributed by atoms with Gasteiger partial charge in [0.15, 0.2) is 11.5 Å². The van der Waals surface area contributed by atoms with E-state index in [-0.39, 0.29) is 12.7 Å². The Labute approximate surface area is 95.4 Å². The lowest BCUT2D eigenvalue weighted by Crippen LogP contribution is -2.26. The van der Waals surface area contributed by atoms with Crippen LogP contribution in [0.3, 0.4) is 0 Å². The van der Waals surface area contributed by atoms with Crippen molar-refractivity contribution < 1.29 is 19.7 Å². The minimum atomic E-state index is -0.587. The lowest BCUT2D eigenvalue weighted by molar-refractivity contribution is 0.0570. The van der Waals surface area contributed by atoms with Crippen LogP contribution in [0, 0.1) is 0 Å². The standard InChI is InChI=1S/C12H18O4/c1-8(14)9(2)16-12-10(7-13)5-4-6-11(12)15-3/h4-6,8-9,13-14H,7H2,1-3H3. The van der Waals surface area contributed by atoms with E-state index in [2.05, 4.69) is 0 Å². The minimum absolute atomic E-state index is 0.126. The first kappa shape index (κ1) is 12.8. The van der Waals surface area contributed by atoms with Gasteiger partial charge in [0.25, 0.3) is 0 Å². The van der Waals surface area contributed by atoms with Gasteiger partial charge in [-0.05, 0) is 19.9 Å². The van der Waals surface area contributed by atoms with Crippen molar-refractivity contribution in [2.24, 2.45) is 0 Å². The van der Waals surface area contributed by atoms with E-state index in [9.17, 15) is 10.2 Å². The fourth-order valence-electron chi connectivity index (χ4n) is 1.26. The summed E-state index contributed by atoms with van der Waals surface area (Å²) in [6.45, 7) is 3.29. The summed E-state index contributed by atoms with van der Waals surface area (Å²) >= 11 is 0. The summed E-state index contributed by atoms with van der Waals surface area (Å²) in [7, 11) is 1.54. The van der Waals surface area contributed by atoms with E-state index in [1.165, 1.54) is 7.11 Å². The molecule has 0 aromatic heterocycles. The normalized spacial score (nSPS) is 14.3. The number of methoxy groups -OCH3 is 1. The maximum absolute atomic E-state index is 9.38. The molecule has 0 heterocycles. The Morgan fingerprint density at radius 2 is 2.00 bits per heavy atom. The maximum Gasteiger partial charge on any atom is 0.167 e. The molecule has 2 atom stereocenters. The molecule has 0 aliphatic carbocycles. The second-order valence-electron chi connectivity index (χ2n) is 3.67. The lowest BCUT2D eigenvalue weighted by Gasteiger charge is -2.20. The highest BCUT2D eigenvalue weighted by atomic mass is 16.5. The first-order valence-electron chi connectivity index (χ1n) is 5.21. The first-order chi connectivity index (χ1) is 7.60. The summed E-state index contributed by atoms with van der Waals surface area (Å²) in [5.41, 5.74) is 0.645. The third-order valence-corrected chi connectivity index (χ3v) is 2.43. The SMILES string of the molecule is COc1cccc(CO)c1OC(C)C(C)O. The molecule has 2 N–H and O–H groups in total. The van der Waals surface area contributed by atoms with Gasteiger partial charge in [0.05, 0.1) is 19.8 Å². The molecule has 0 spiro atoms. The van der Waals surface area contributed by atoms with Crippen molar-refractivity contribution in [1.82, 2.24) is 0 Å². The van der Waals surface area contributed by atoms with E-state index < -0.39 is 6.10 Å². The third-order valence-electron chi connectivity index (χ3n) is 2.43. The molecular weight excluding hydrogens is 208 g/mol. The van der Waals surface area contributed by atoms with E-state index in [1.807, 2.05) is 0 Å². The van der Waals surface area contributed by atoms with Gasteiger partial charge in [-0.25, -0.2) is 0 Å². The van der Waals surface area contributed by atoms with E-state index >= 15 is 0 Å². The van der Waals surface area contributed by atoms with Crippen LogP contribution in [0.15, 0.2) is 18.2 Å². The Kier molecular flexibility index (Phi) is 4.58. The van der Waals surface area contributed by atoms with Crippen LogP contribution in [0.25, 0.3) is 0 Å². The summed E-state index contributed by atoms with van der Waals surface area (Å²) in [6, 6.07) is 5.29. The molecule has 4 nitrogen and oxygen atoms in total. The van der Waals surface area contributed by atoms with Crippen molar-refractivity contribution >= 4 is 0 Å². The van der Waals surface area contributed by atoms with Crippen LogP contribution in [0.1, 0.15) is 19.4 Å². The number of benzene rings is 1. The number of aliphatic hydroxyl groups is 2. The van der Waals surface area contributed by atoms with Crippen molar-refractivity contribution in [2.45, 2.75) is 32.7 Å². The minimum Gasteiger partial charge on any atom is -0.493 e. The fourth-order valence-corrected chi connectivity index (χ4v) is 1.26. The Morgan fingerprint density at radius 1 is 1.31 bits per heavy atom. The third kappa shape index (κ3) is 2.87. The number of rotatable bonds is 5. The zero-order chi connectivity index (χ0) is 12.1. The van der Waals surface area contributed by atoms with Gasteiger partial charge in [-0.1, -0.05) is 12.1 Å². The summed E-state index contributed by atoms with van der Waals surface area (Å²) in [6.07, 6.45) is -0.946. The van der Waals surface area contributed by atoms with Crippen molar-refractivity contribution in [3.8, 4) is 11.5 Å². The topological polar surface area (TPSA) is 58.9 Å². The highest BCUT2D eigenvalue weighted by molar-refractivity contribution is 5.46. The number of hydrogen-bond donors (Lipinski definition) is 2. The molecule has 0 saturated heterocycles. The van der Waals surface area contributed by atoms with Gasteiger partial charge in [0, 0.05) is 5.56 Å². The van der Waals surface area contributed by atoms with Gasteiger partial charge < -0.3 is 19.7 Å². The van der Waals surface area contributed by atoms with E-state index in [0.29, 0.717) is 17.1 Å². The molecule has 4 heteroatoms. The zero-order valence-electron chi connectivity index (χ0n) is 9.80. The molecule has 0 fully saturated rings. The van der Waals surface area contributed by atoms with Crippen LogP contribution in [0.4, 0.5) is 0 Å². The molecular formula is C12H18O4. The van der Waals surface area contributed by atoms with E-state index in [4.69, 9.17) is 9.47 Å². The average Bonchev–Trinajstić information content (AvgIpc) is 2.29. The van der Waals surface area contributed by atoms with Crippen molar-refractivity contribution in [3.63, 3.8) is 0 Å². The smallest absolute Gasteiger partial charge is 0.167 e. The second kappa shape index (κ2) is 5.72. The maximum atomic E-state index is 9.38. The molecule has 0 saturated carbocycles. The molecule has 1 rings (SSSR count). The van der Waals surface area contributed by atoms with Gasteiger partial charge in [-0.2, -0.15) is 0 Å². The Morgan fingerprint density at radius 3 is 2.50 bits per heavy atom. The number of aliphatic hydroxyl groups excluding tert-OH is 2.